The van der Waals surface area contributed by atoms with Gasteiger partial charge in [-0.2, -0.15) is 0 Å². The number of benzene rings is 2. The van der Waals surface area contributed by atoms with Crippen molar-refractivity contribution < 1.29 is 18.0 Å². The molecule has 0 spiro atoms. The van der Waals surface area contributed by atoms with Gasteiger partial charge in [-0.3, -0.25) is 4.79 Å². The number of amides is 1. The number of hydrogen-bond donors (Lipinski definition) is 1. The molecule has 1 amide bonds. The van der Waals surface area contributed by atoms with E-state index in [0.29, 0.717) is 11.1 Å². The molecule has 98 valence electrons. The van der Waals surface area contributed by atoms with Crippen molar-refractivity contribution in [3.05, 3.63) is 53.8 Å². The van der Waals surface area contributed by atoms with Crippen LogP contribution in [0.5, 0.6) is 0 Å². The largest absolute Gasteiger partial charge is 0.318 e. The first-order valence-corrected chi connectivity index (χ1v) is 5.56. The first-order valence-electron chi connectivity index (χ1n) is 5.19. The Morgan fingerprint density at radius 1 is 0.895 bits per heavy atom. The third kappa shape index (κ3) is 3.06. The Kier molecular flexibility index (Phi) is 3.76. The number of anilines is 1. The lowest BCUT2D eigenvalue weighted by Gasteiger charge is -2.06. The fourth-order valence-electron chi connectivity index (χ4n) is 1.58. The molecule has 0 unspecified atom stereocenters. The van der Waals surface area contributed by atoms with Crippen molar-refractivity contribution in [3.63, 3.8) is 0 Å². The summed E-state index contributed by atoms with van der Waals surface area (Å²) >= 11 is 5.07. The van der Waals surface area contributed by atoms with Gasteiger partial charge in [0.15, 0.2) is 11.6 Å². The molecule has 0 aliphatic rings. The van der Waals surface area contributed by atoms with Gasteiger partial charge >= 0.3 is 5.37 Å². The van der Waals surface area contributed by atoms with Crippen molar-refractivity contribution in [1.82, 2.24) is 0 Å². The van der Waals surface area contributed by atoms with Crippen molar-refractivity contribution in [2.24, 2.45) is 0 Å². The van der Waals surface area contributed by atoms with E-state index in [1.165, 1.54) is 18.2 Å². The van der Waals surface area contributed by atoms with E-state index in [2.05, 4.69) is 5.32 Å². The van der Waals surface area contributed by atoms with E-state index in [1.807, 2.05) is 0 Å². The van der Waals surface area contributed by atoms with Gasteiger partial charge in [0.1, 0.15) is 5.82 Å². The van der Waals surface area contributed by atoms with E-state index in [-0.39, 0.29) is 5.69 Å². The quantitative estimate of drug-likeness (QED) is 0.637. The molecule has 0 fully saturated rings. The summed E-state index contributed by atoms with van der Waals surface area (Å²) in [6, 6.07) is 7.08. The van der Waals surface area contributed by atoms with E-state index >= 15 is 0 Å². The molecule has 0 aliphatic heterocycles. The molecule has 2 aromatic rings. The van der Waals surface area contributed by atoms with Gasteiger partial charge in [-0.15, -0.1) is 0 Å². The van der Waals surface area contributed by atoms with Gasteiger partial charge in [0, 0.05) is 0 Å². The van der Waals surface area contributed by atoms with Gasteiger partial charge in [0.05, 0.1) is 5.69 Å². The molecule has 0 aliphatic carbocycles. The highest BCUT2D eigenvalue weighted by Crippen LogP contribution is 2.25. The van der Waals surface area contributed by atoms with Crippen molar-refractivity contribution in [2.75, 3.05) is 5.32 Å². The summed E-state index contributed by atoms with van der Waals surface area (Å²) in [5.41, 5.74) is 0.580. The molecular formula is C13H7ClF3NO. The van der Waals surface area contributed by atoms with Gasteiger partial charge in [-0.1, -0.05) is 12.1 Å². The maximum atomic E-state index is 13.6. The molecule has 2 rings (SSSR count). The van der Waals surface area contributed by atoms with Crippen LogP contribution in [0, 0.1) is 17.5 Å². The zero-order valence-electron chi connectivity index (χ0n) is 9.38. The average molecular weight is 286 g/mol. The highest BCUT2D eigenvalue weighted by Gasteiger charge is 2.09. The minimum Gasteiger partial charge on any atom is -0.310 e. The second-order valence-electron chi connectivity index (χ2n) is 3.72. The lowest BCUT2D eigenvalue weighted by atomic mass is 10.0. The summed E-state index contributed by atoms with van der Waals surface area (Å²) in [7, 11) is 0. The lowest BCUT2D eigenvalue weighted by molar-refractivity contribution is 0.269. The third-order valence-corrected chi connectivity index (χ3v) is 2.55. The first-order chi connectivity index (χ1) is 8.97. The third-order valence-electron chi connectivity index (χ3n) is 2.45. The van der Waals surface area contributed by atoms with E-state index in [1.54, 1.807) is 0 Å². The zero-order chi connectivity index (χ0) is 14.0. The van der Waals surface area contributed by atoms with Crippen LogP contribution in [0.2, 0.25) is 0 Å². The van der Waals surface area contributed by atoms with Gasteiger partial charge in [-0.05, 0) is 47.0 Å². The van der Waals surface area contributed by atoms with Crippen molar-refractivity contribution >= 4 is 22.7 Å². The average Bonchev–Trinajstić information content (AvgIpc) is 2.35. The summed E-state index contributed by atoms with van der Waals surface area (Å²) in [6.07, 6.45) is 0. The number of halogens is 4. The molecule has 0 radical (unpaired) electrons. The van der Waals surface area contributed by atoms with Crippen LogP contribution in [-0.4, -0.2) is 5.37 Å². The molecule has 0 bridgehead atoms. The smallest absolute Gasteiger partial charge is 0.310 e. The predicted molar refractivity (Wildman–Crippen MR) is 66.6 cm³/mol. The van der Waals surface area contributed by atoms with Crippen LogP contribution in [0.25, 0.3) is 11.1 Å². The zero-order valence-corrected chi connectivity index (χ0v) is 10.1. The molecule has 0 saturated heterocycles. The lowest BCUT2D eigenvalue weighted by Crippen LogP contribution is -2.03. The van der Waals surface area contributed by atoms with Crippen LogP contribution in [0.3, 0.4) is 0 Å². The highest BCUT2D eigenvalue weighted by atomic mass is 35.5. The minimum atomic E-state index is -1.02. The van der Waals surface area contributed by atoms with E-state index in [9.17, 15) is 18.0 Å². The predicted octanol–water partition coefficient (Wildman–Crippen LogP) is 4.54. The van der Waals surface area contributed by atoms with Crippen molar-refractivity contribution in [2.45, 2.75) is 0 Å². The monoisotopic (exact) mass is 285 g/mol. The Morgan fingerprint density at radius 2 is 1.47 bits per heavy atom. The summed E-state index contributed by atoms with van der Waals surface area (Å²) in [5.74, 6) is -2.72. The molecule has 2 aromatic carbocycles. The Balaban J connectivity index is 2.38. The summed E-state index contributed by atoms with van der Waals surface area (Å²) in [6.45, 7) is 0. The van der Waals surface area contributed by atoms with E-state index in [0.717, 1.165) is 18.2 Å². The second kappa shape index (κ2) is 5.32. The fourth-order valence-corrected chi connectivity index (χ4v) is 1.68. The van der Waals surface area contributed by atoms with Crippen LogP contribution >= 0.6 is 11.6 Å². The van der Waals surface area contributed by atoms with Crippen molar-refractivity contribution in [1.29, 1.82) is 0 Å². The fraction of sp³-hybridized carbons (Fsp3) is 0. The number of carbonyl (C=O) groups excluding carboxylic acids is 1. The molecule has 0 atom stereocenters. The molecular weight excluding hydrogens is 279 g/mol. The maximum absolute atomic E-state index is 13.6. The van der Waals surface area contributed by atoms with Gasteiger partial charge in [-0.25, -0.2) is 13.2 Å². The van der Waals surface area contributed by atoms with E-state index < -0.39 is 22.8 Å². The number of rotatable bonds is 2. The van der Waals surface area contributed by atoms with Gasteiger partial charge in [0.25, 0.3) is 0 Å². The van der Waals surface area contributed by atoms with Crippen LogP contribution in [-0.2, 0) is 0 Å². The van der Waals surface area contributed by atoms with Crippen molar-refractivity contribution in [3.8, 4) is 11.1 Å². The number of carbonyl (C=O) groups is 1. The number of hydrogen-bond acceptors (Lipinski definition) is 1. The van der Waals surface area contributed by atoms with Gasteiger partial charge in [0.2, 0.25) is 0 Å². The van der Waals surface area contributed by atoms with Gasteiger partial charge < -0.3 is 5.32 Å². The SMILES string of the molecule is O=C(Cl)Nc1ccc(-c2ccc(F)c(F)c2)cc1F. The molecule has 0 heterocycles. The molecule has 0 aromatic heterocycles. The second-order valence-corrected chi connectivity index (χ2v) is 4.07. The normalized spacial score (nSPS) is 10.3. The Bertz CT molecular complexity index is 646. The number of nitrogens with one attached hydrogen (secondary N) is 1. The maximum Gasteiger partial charge on any atom is 0.318 e. The van der Waals surface area contributed by atoms with E-state index in [4.69, 9.17) is 11.6 Å². The molecule has 2 nitrogen and oxygen atoms in total. The molecule has 1 N–H and O–H groups in total. The standard InChI is InChI=1S/C13H7ClF3NO/c14-13(19)18-12-4-2-8(6-11(12)17)7-1-3-9(15)10(16)5-7/h1-6H,(H,18,19). The Hall–Kier alpha value is -2.01. The van der Waals surface area contributed by atoms with Crippen LogP contribution < -0.4 is 5.32 Å². The molecule has 19 heavy (non-hydrogen) atoms. The Labute approximate surface area is 111 Å². The van der Waals surface area contributed by atoms with Crippen LogP contribution in [0.1, 0.15) is 0 Å². The Morgan fingerprint density at radius 3 is 2.00 bits per heavy atom. The summed E-state index contributed by atoms with van der Waals surface area (Å²) < 4.78 is 39.5. The summed E-state index contributed by atoms with van der Waals surface area (Å²) in [4.78, 5) is 10.6. The van der Waals surface area contributed by atoms with Crippen LogP contribution in [0.15, 0.2) is 36.4 Å². The summed E-state index contributed by atoms with van der Waals surface area (Å²) in [5, 5.41) is 1.17. The minimum absolute atomic E-state index is 0.0914. The first kappa shape index (κ1) is 13.4. The van der Waals surface area contributed by atoms with Crippen LogP contribution in [0.4, 0.5) is 23.7 Å². The topological polar surface area (TPSA) is 29.1 Å². The highest BCUT2D eigenvalue weighted by molar-refractivity contribution is 6.65. The molecule has 6 heteroatoms. The molecule has 0 saturated carbocycles.